The molecule has 1 atom stereocenters. The van der Waals surface area contributed by atoms with Gasteiger partial charge in [0.25, 0.3) is 0 Å². The number of aromatic carboxylic acids is 1. The molecule has 0 aromatic carbocycles. The summed E-state index contributed by atoms with van der Waals surface area (Å²) in [5, 5.41) is 20.2. The molecule has 8 heteroatoms. The average Bonchev–Trinajstić information content (AvgIpc) is 2.75. The van der Waals surface area contributed by atoms with Crippen LogP contribution < -0.4 is 0 Å². The van der Waals surface area contributed by atoms with Gasteiger partial charge in [-0.1, -0.05) is 0 Å². The second-order valence-corrected chi connectivity index (χ2v) is 6.15. The van der Waals surface area contributed by atoms with Crippen molar-refractivity contribution in [2.75, 3.05) is 19.5 Å². The van der Waals surface area contributed by atoms with Gasteiger partial charge in [0, 0.05) is 18.2 Å². The highest BCUT2D eigenvalue weighted by atomic mass is 32.2. The number of hydrogen-bond donors (Lipinski definition) is 2. The maximum absolute atomic E-state index is 11.2. The van der Waals surface area contributed by atoms with E-state index in [0.29, 0.717) is 21.2 Å². The van der Waals surface area contributed by atoms with E-state index in [0.717, 1.165) is 16.7 Å². The van der Waals surface area contributed by atoms with Crippen LogP contribution in [0, 0.1) is 6.92 Å². The summed E-state index contributed by atoms with van der Waals surface area (Å²) in [7, 11) is 1.53. The number of carboxylic acids is 1. The first-order valence-corrected chi connectivity index (χ1v) is 7.62. The van der Waals surface area contributed by atoms with Crippen molar-refractivity contribution in [3.05, 3.63) is 16.8 Å². The van der Waals surface area contributed by atoms with E-state index in [9.17, 15) is 9.90 Å². The SMILES string of the molecule is COCC(O)CSc1ncnc2sc(C(=O)O)c(C)c12. The third kappa shape index (κ3) is 3.09. The number of thiophene rings is 1. The molecule has 2 heterocycles. The van der Waals surface area contributed by atoms with Crippen molar-refractivity contribution in [3.8, 4) is 0 Å². The Hall–Kier alpha value is -1.22. The molecule has 108 valence electrons. The van der Waals surface area contributed by atoms with Crippen LogP contribution in [0.2, 0.25) is 0 Å². The van der Waals surface area contributed by atoms with Crippen LogP contribution >= 0.6 is 23.1 Å². The van der Waals surface area contributed by atoms with E-state index in [1.807, 2.05) is 0 Å². The first-order valence-electron chi connectivity index (χ1n) is 5.81. The van der Waals surface area contributed by atoms with E-state index >= 15 is 0 Å². The van der Waals surface area contributed by atoms with Gasteiger partial charge < -0.3 is 14.9 Å². The minimum atomic E-state index is -0.958. The highest BCUT2D eigenvalue weighted by Crippen LogP contribution is 2.35. The molecule has 2 aromatic heterocycles. The van der Waals surface area contributed by atoms with Crippen LogP contribution in [0.4, 0.5) is 0 Å². The number of aryl methyl sites for hydroxylation is 1. The van der Waals surface area contributed by atoms with Crippen molar-refractivity contribution in [1.29, 1.82) is 0 Å². The van der Waals surface area contributed by atoms with E-state index < -0.39 is 12.1 Å². The lowest BCUT2D eigenvalue weighted by atomic mass is 10.2. The van der Waals surface area contributed by atoms with Crippen LogP contribution in [0.5, 0.6) is 0 Å². The fourth-order valence-corrected chi connectivity index (χ4v) is 3.78. The molecule has 2 aromatic rings. The summed E-state index contributed by atoms with van der Waals surface area (Å²) in [6, 6.07) is 0. The molecule has 0 aliphatic carbocycles. The van der Waals surface area contributed by atoms with Gasteiger partial charge in [-0.3, -0.25) is 0 Å². The maximum Gasteiger partial charge on any atom is 0.346 e. The lowest BCUT2D eigenvalue weighted by molar-refractivity contribution is 0.0701. The Morgan fingerprint density at radius 3 is 2.95 bits per heavy atom. The molecule has 0 fully saturated rings. The van der Waals surface area contributed by atoms with Crippen LogP contribution in [0.15, 0.2) is 11.4 Å². The molecule has 20 heavy (non-hydrogen) atoms. The predicted molar refractivity (Wildman–Crippen MR) is 77.7 cm³/mol. The Morgan fingerprint density at radius 2 is 2.30 bits per heavy atom. The van der Waals surface area contributed by atoms with E-state index in [1.165, 1.54) is 25.2 Å². The molecule has 6 nitrogen and oxygen atoms in total. The van der Waals surface area contributed by atoms with Gasteiger partial charge in [0.05, 0.1) is 12.7 Å². The Balaban J connectivity index is 2.32. The zero-order valence-electron chi connectivity index (χ0n) is 11.0. The molecule has 0 radical (unpaired) electrons. The van der Waals surface area contributed by atoms with Gasteiger partial charge in [-0.2, -0.15) is 0 Å². The summed E-state index contributed by atoms with van der Waals surface area (Å²) in [5.74, 6) is -0.529. The van der Waals surface area contributed by atoms with Gasteiger partial charge >= 0.3 is 5.97 Å². The number of nitrogens with zero attached hydrogens (tertiary/aromatic N) is 2. The third-order valence-electron chi connectivity index (χ3n) is 2.66. The largest absolute Gasteiger partial charge is 0.477 e. The number of aromatic nitrogens is 2. The Kier molecular flexibility index (Phi) is 4.92. The molecule has 0 amide bonds. The monoisotopic (exact) mass is 314 g/mol. The normalized spacial score (nSPS) is 12.8. The molecule has 2 rings (SSSR count). The zero-order chi connectivity index (χ0) is 14.7. The molecule has 1 unspecified atom stereocenters. The van der Waals surface area contributed by atoms with Gasteiger partial charge in [0.15, 0.2) is 0 Å². The molecular weight excluding hydrogens is 300 g/mol. The van der Waals surface area contributed by atoms with Crippen molar-refractivity contribution in [1.82, 2.24) is 9.97 Å². The first kappa shape index (κ1) is 15.2. The van der Waals surface area contributed by atoms with Crippen molar-refractivity contribution >= 4 is 39.3 Å². The fraction of sp³-hybridized carbons (Fsp3) is 0.417. The summed E-state index contributed by atoms with van der Waals surface area (Å²) in [6.07, 6.45) is 0.822. The maximum atomic E-state index is 11.2. The van der Waals surface area contributed by atoms with Gasteiger partial charge in [-0.15, -0.1) is 23.1 Å². The van der Waals surface area contributed by atoms with Crippen molar-refractivity contribution < 1.29 is 19.7 Å². The fourth-order valence-electron chi connectivity index (χ4n) is 1.77. The van der Waals surface area contributed by atoms with E-state index in [-0.39, 0.29) is 11.5 Å². The Morgan fingerprint density at radius 1 is 1.55 bits per heavy atom. The summed E-state index contributed by atoms with van der Waals surface area (Å²) in [6.45, 7) is 2.01. The van der Waals surface area contributed by atoms with Crippen LogP contribution in [-0.4, -0.2) is 51.7 Å². The number of thioether (sulfide) groups is 1. The lowest BCUT2D eigenvalue weighted by Gasteiger charge is -2.08. The highest BCUT2D eigenvalue weighted by molar-refractivity contribution is 7.99. The predicted octanol–water partition coefficient (Wildman–Crippen LogP) is 1.80. The molecular formula is C12H14N2O4S2. The summed E-state index contributed by atoms with van der Waals surface area (Å²) in [5.41, 5.74) is 0.668. The van der Waals surface area contributed by atoms with Crippen molar-refractivity contribution in [2.45, 2.75) is 18.1 Å². The molecule has 0 spiro atoms. The Labute approximate surface area is 123 Å². The number of aliphatic hydroxyl groups excluding tert-OH is 1. The number of aliphatic hydroxyl groups is 1. The smallest absolute Gasteiger partial charge is 0.346 e. The average molecular weight is 314 g/mol. The second-order valence-electron chi connectivity index (χ2n) is 4.14. The molecule has 0 aliphatic heterocycles. The summed E-state index contributed by atoms with van der Waals surface area (Å²) in [4.78, 5) is 20.4. The number of ether oxygens (including phenoxy) is 1. The topological polar surface area (TPSA) is 92.5 Å². The number of carbonyl (C=O) groups is 1. The van der Waals surface area contributed by atoms with Crippen molar-refractivity contribution in [3.63, 3.8) is 0 Å². The van der Waals surface area contributed by atoms with Gasteiger partial charge in [0.2, 0.25) is 0 Å². The minimum absolute atomic E-state index is 0.254. The summed E-state index contributed by atoms with van der Waals surface area (Å²) >= 11 is 2.51. The number of carboxylic acid groups (broad SMARTS) is 1. The van der Waals surface area contributed by atoms with Crippen LogP contribution in [0.1, 0.15) is 15.2 Å². The lowest BCUT2D eigenvalue weighted by Crippen LogP contribution is -2.16. The number of hydrogen-bond acceptors (Lipinski definition) is 7. The van der Waals surface area contributed by atoms with E-state index in [1.54, 1.807) is 6.92 Å². The van der Waals surface area contributed by atoms with Gasteiger partial charge in [-0.25, -0.2) is 14.8 Å². The quantitative estimate of drug-likeness (QED) is 0.620. The molecule has 0 aliphatic rings. The number of fused-ring (bicyclic) bond motifs is 1. The molecule has 2 N–H and O–H groups in total. The molecule has 0 saturated carbocycles. The molecule has 0 saturated heterocycles. The molecule has 0 bridgehead atoms. The zero-order valence-corrected chi connectivity index (χ0v) is 12.6. The van der Waals surface area contributed by atoms with Gasteiger partial charge in [0.1, 0.15) is 21.1 Å². The van der Waals surface area contributed by atoms with E-state index in [2.05, 4.69) is 9.97 Å². The standard InChI is InChI=1S/C12H14N2O4S2/c1-6-8-10(19-4-7(15)3-18-2)13-5-14-11(8)20-9(6)12(16)17/h5,7,15H,3-4H2,1-2H3,(H,16,17). The van der Waals surface area contributed by atoms with Crippen LogP contribution in [0.3, 0.4) is 0 Å². The van der Waals surface area contributed by atoms with Crippen molar-refractivity contribution in [2.24, 2.45) is 0 Å². The highest BCUT2D eigenvalue weighted by Gasteiger charge is 2.19. The second kappa shape index (κ2) is 6.49. The minimum Gasteiger partial charge on any atom is -0.477 e. The van der Waals surface area contributed by atoms with Gasteiger partial charge in [-0.05, 0) is 12.5 Å². The van der Waals surface area contributed by atoms with Crippen LogP contribution in [0.25, 0.3) is 10.2 Å². The van der Waals surface area contributed by atoms with Crippen LogP contribution in [-0.2, 0) is 4.74 Å². The Bertz CT molecular complexity index is 629. The van der Waals surface area contributed by atoms with E-state index in [4.69, 9.17) is 9.84 Å². The third-order valence-corrected chi connectivity index (χ3v) is 4.98. The first-order chi connectivity index (χ1) is 9.54. The number of methoxy groups -OCH3 is 1. The number of rotatable bonds is 6. The summed E-state index contributed by atoms with van der Waals surface area (Å²) < 4.78 is 4.87.